The van der Waals surface area contributed by atoms with E-state index in [0.717, 1.165) is 23.2 Å². The van der Waals surface area contributed by atoms with Crippen molar-refractivity contribution in [2.45, 2.75) is 19.4 Å². The van der Waals surface area contributed by atoms with Gasteiger partial charge in [-0.2, -0.15) is 0 Å². The zero-order valence-electron chi connectivity index (χ0n) is 13.6. The summed E-state index contributed by atoms with van der Waals surface area (Å²) in [4.78, 5) is 25.3. The van der Waals surface area contributed by atoms with Gasteiger partial charge in [-0.05, 0) is 29.7 Å². The van der Waals surface area contributed by atoms with Crippen LogP contribution in [-0.2, 0) is 22.6 Å². The lowest BCUT2D eigenvalue weighted by Crippen LogP contribution is -2.35. The second-order valence-corrected chi connectivity index (χ2v) is 5.81. The van der Waals surface area contributed by atoms with Gasteiger partial charge in [0.2, 0.25) is 5.91 Å². The Kier molecular flexibility index (Phi) is 4.79. The van der Waals surface area contributed by atoms with Gasteiger partial charge in [-0.3, -0.25) is 9.59 Å². The minimum absolute atomic E-state index is 0.0113. The Bertz CT molecular complexity index is 744. The molecule has 0 saturated heterocycles. The summed E-state index contributed by atoms with van der Waals surface area (Å²) in [7, 11) is 1.73. The van der Waals surface area contributed by atoms with Crippen LogP contribution in [0, 0.1) is 0 Å². The van der Waals surface area contributed by atoms with Gasteiger partial charge in [0.15, 0.2) is 6.61 Å². The Morgan fingerprint density at radius 1 is 1.17 bits per heavy atom. The fraction of sp³-hybridized carbons (Fsp3) is 0.263. The maximum atomic E-state index is 12.0. The number of rotatable bonds is 5. The maximum absolute atomic E-state index is 12.0. The van der Waals surface area contributed by atoms with Gasteiger partial charge in [-0.1, -0.05) is 36.4 Å². The standard InChI is InChI=1S/C19H20N2O3/c1-21-16-11-15(7-9-17(16)24-13-19(21)23)12-20-18(22)10-8-14-5-3-2-4-6-14/h2-7,9,11H,8,10,12-13H2,1H3,(H,20,22). The summed E-state index contributed by atoms with van der Waals surface area (Å²) < 4.78 is 5.40. The molecular weight excluding hydrogens is 304 g/mol. The molecule has 1 heterocycles. The third-order valence-corrected chi connectivity index (χ3v) is 4.08. The fourth-order valence-electron chi connectivity index (χ4n) is 2.62. The van der Waals surface area contributed by atoms with Crippen molar-refractivity contribution >= 4 is 17.5 Å². The molecular formula is C19H20N2O3. The first kappa shape index (κ1) is 16.1. The summed E-state index contributed by atoms with van der Waals surface area (Å²) in [5.74, 6) is 0.625. The van der Waals surface area contributed by atoms with Gasteiger partial charge in [0, 0.05) is 20.0 Å². The van der Waals surface area contributed by atoms with Crippen molar-refractivity contribution in [1.82, 2.24) is 5.32 Å². The third-order valence-electron chi connectivity index (χ3n) is 4.08. The van der Waals surface area contributed by atoms with E-state index in [0.29, 0.717) is 18.7 Å². The quantitative estimate of drug-likeness (QED) is 0.918. The van der Waals surface area contributed by atoms with E-state index in [1.54, 1.807) is 11.9 Å². The third kappa shape index (κ3) is 3.74. The Balaban J connectivity index is 1.55. The van der Waals surface area contributed by atoms with E-state index in [1.807, 2.05) is 48.5 Å². The summed E-state index contributed by atoms with van der Waals surface area (Å²) in [5.41, 5.74) is 2.83. The number of anilines is 1. The smallest absolute Gasteiger partial charge is 0.264 e. The minimum Gasteiger partial charge on any atom is -0.482 e. The van der Waals surface area contributed by atoms with Crippen LogP contribution in [0.15, 0.2) is 48.5 Å². The van der Waals surface area contributed by atoms with Gasteiger partial charge < -0.3 is 15.0 Å². The highest BCUT2D eigenvalue weighted by Crippen LogP contribution is 2.31. The molecule has 0 aromatic heterocycles. The van der Waals surface area contributed by atoms with Gasteiger partial charge in [0.25, 0.3) is 5.91 Å². The van der Waals surface area contributed by atoms with Crippen LogP contribution in [0.25, 0.3) is 0 Å². The number of nitrogens with one attached hydrogen (secondary N) is 1. The topological polar surface area (TPSA) is 58.6 Å². The highest BCUT2D eigenvalue weighted by Gasteiger charge is 2.22. The molecule has 24 heavy (non-hydrogen) atoms. The lowest BCUT2D eigenvalue weighted by atomic mass is 10.1. The number of hydrogen-bond donors (Lipinski definition) is 1. The number of benzene rings is 2. The van der Waals surface area contributed by atoms with E-state index in [9.17, 15) is 9.59 Å². The van der Waals surface area contributed by atoms with Crippen LogP contribution in [0.5, 0.6) is 5.75 Å². The van der Waals surface area contributed by atoms with Crippen LogP contribution < -0.4 is 15.0 Å². The largest absolute Gasteiger partial charge is 0.482 e. The van der Waals surface area contributed by atoms with Crippen LogP contribution in [0.4, 0.5) is 5.69 Å². The van der Waals surface area contributed by atoms with Gasteiger partial charge in [-0.25, -0.2) is 0 Å². The molecule has 0 aliphatic carbocycles. The minimum atomic E-state index is -0.0773. The zero-order valence-corrected chi connectivity index (χ0v) is 13.6. The van der Waals surface area contributed by atoms with Gasteiger partial charge in [-0.15, -0.1) is 0 Å². The number of hydrogen-bond acceptors (Lipinski definition) is 3. The van der Waals surface area contributed by atoms with Gasteiger partial charge in [0.05, 0.1) is 5.69 Å². The molecule has 2 aromatic carbocycles. The second-order valence-electron chi connectivity index (χ2n) is 5.81. The Morgan fingerprint density at radius 3 is 2.75 bits per heavy atom. The van der Waals surface area contributed by atoms with E-state index in [4.69, 9.17) is 4.74 Å². The predicted octanol–water partition coefficient (Wildman–Crippen LogP) is 2.29. The van der Waals surface area contributed by atoms with Crippen molar-refractivity contribution in [3.63, 3.8) is 0 Å². The first-order valence-electron chi connectivity index (χ1n) is 7.96. The van der Waals surface area contributed by atoms with Gasteiger partial charge in [0.1, 0.15) is 5.75 Å². The maximum Gasteiger partial charge on any atom is 0.264 e. The Hall–Kier alpha value is -2.82. The predicted molar refractivity (Wildman–Crippen MR) is 92.0 cm³/mol. The fourth-order valence-corrected chi connectivity index (χ4v) is 2.62. The van der Waals surface area contributed by atoms with E-state index in [2.05, 4.69) is 5.32 Å². The molecule has 0 saturated carbocycles. The SMILES string of the molecule is CN1C(=O)COc2ccc(CNC(=O)CCc3ccccc3)cc21. The number of carbonyl (C=O) groups excluding carboxylic acids is 2. The highest BCUT2D eigenvalue weighted by atomic mass is 16.5. The Labute approximate surface area is 141 Å². The summed E-state index contributed by atoms with van der Waals surface area (Å²) >= 11 is 0. The van der Waals surface area contributed by atoms with Crippen molar-refractivity contribution in [3.8, 4) is 5.75 Å². The number of amides is 2. The average molecular weight is 324 g/mol. The molecule has 0 bridgehead atoms. The summed E-state index contributed by atoms with van der Waals surface area (Å²) in [6.45, 7) is 0.502. The lowest BCUT2D eigenvalue weighted by Gasteiger charge is -2.26. The number of fused-ring (bicyclic) bond motifs is 1. The molecule has 0 atom stereocenters. The molecule has 0 radical (unpaired) electrons. The summed E-state index contributed by atoms with van der Waals surface area (Å²) in [6, 6.07) is 15.6. The molecule has 0 spiro atoms. The molecule has 1 aliphatic heterocycles. The number of ether oxygens (including phenoxy) is 1. The lowest BCUT2D eigenvalue weighted by molar-refractivity contribution is -0.121. The van der Waals surface area contributed by atoms with E-state index in [1.165, 1.54) is 0 Å². The number of likely N-dealkylation sites (N-methyl/N-ethyl adjacent to an activating group) is 1. The summed E-state index contributed by atoms with van der Waals surface area (Å²) in [5, 5.41) is 2.92. The number of nitrogens with zero attached hydrogens (tertiary/aromatic N) is 1. The van der Waals surface area contributed by atoms with Crippen LogP contribution in [0.1, 0.15) is 17.5 Å². The molecule has 1 aliphatic rings. The van der Waals surface area contributed by atoms with Crippen molar-refractivity contribution in [2.75, 3.05) is 18.6 Å². The van der Waals surface area contributed by atoms with Crippen molar-refractivity contribution in [2.24, 2.45) is 0 Å². The monoisotopic (exact) mass is 324 g/mol. The van der Waals surface area contributed by atoms with Crippen LogP contribution in [0.3, 0.4) is 0 Å². The van der Waals surface area contributed by atoms with Crippen molar-refractivity contribution < 1.29 is 14.3 Å². The molecule has 5 nitrogen and oxygen atoms in total. The molecule has 2 amide bonds. The molecule has 2 aromatic rings. The normalized spacial score (nSPS) is 13.2. The molecule has 124 valence electrons. The van der Waals surface area contributed by atoms with Crippen molar-refractivity contribution in [1.29, 1.82) is 0 Å². The zero-order chi connectivity index (χ0) is 16.9. The summed E-state index contributed by atoms with van der Waals surface area (Å²) in [6.07, 6.45) is 1.18. The van der Waals surface area contributed by atoms with E-state index >= 15 is 0 Å². The van der Waals surface area contributed by atoms with Crippen LogP contribution in [-0.4, -0.2) is 25.5 Å². The van der Waals surface area contributed by atoms with Crippen molar-refractivity contribution in [3.05, 3.63) is 59.7 Å². The average Bonchev–Trinajstić information content (AvgIpc) is 2.62. The Morgan fingerprint density at radius 2 is 1.96 bits per heavy atom. The molecule has 5 heteroatoms. The number of aryl methyl sites for hydroxylation is 1. The number of carbonyl (C=O) groups is 2. The molecule has 1 N–H and O–H groups in total. The molecule has 0 fully saturated rings. The first-order valence-corrected chi connectivity index (χ1v) is 7.96. The van der Waals surface area contributed by atoms with Crippen LogP contribution in [0.2, 0.25) is 0 Å². The highest BCUT2D eigenvalue weighted by molar-refractivity contribution is 5.97. The van der Waals surface area contributed by atoms with Gasteiger partial charge >= 0.3 is 0 Å². The van der Waals surface area contributed by atoms with E-state index < -0.39 is 0 Å². The molecule has 0 unspecified atom stereocenters. The first-order chi connectivity index (χ1) is 11.6. The van der Waals surface area contributed by atoms with E-state index in [-0.39, 0.29) is 18.4 Å². The van der Waals surface area contributed by atoms with Crippen LogP contribution >= 0.6 is 0 Å². The molecule has 3 rings (SSSR count). The second kappa shape index (κ2) is 7.17.